The highest BCUT2D eigenvalue weighted by molar-refractivity contribution is 6.36. The Labute approximate surface area is 240 Å². The summed E-state index contributed by atoms with van der Waals surface area (Å²) in [6.07, 6.45) is 5.49. The van der Waals surface area contributed by atoms with Crippen molar-refractivity contribution in [2.45, 2.75) is 52.0 Å². The molecular formula is C31H38ClN5O3. The Hall–Kier alpha value is -3.36. The number of carbonyl (C=O) groups is 2. The van der Waals surface area contributed by atoms with Crippen molar-refractivity contribution >= 4 is 34.9 Å². The third-order valence-corrected chi connectivity index (χ3v) is 9.13. The Balaban J connectivity index is 1.25. The second kappa shape index (κ2) is 12.0. The van der Waals surface area contributed by atoms with Crippen molar-refractivity contribution < 1.29 is 14.7 Å². The lowest BCUT2D eigenvalue weighted by Crippen LogP contribution is -2.33. The number of carbonyl (C=O) groups excluding carboxylic acids is 1. The maximum Gasteiger partial charge on any atom is 0.306 e. The Kier molecular flexibility index (Phi) is 8.47. The summed E-state index contributed by atoms with van der Waals surface area (Å²) in [6, 6.07) is 11.7. The molecule has 0 spiro atoms. The molecule has 1 fully saturated rings. The van der Waals surface area contributed by atoms with Gasteiger partial charge in [-0.3, -0.25) is 14.5 Å². The van der Waals surface area contributed by atoms with Crippen LogP contribution in [-0.4, -0.2) is 51.6 Å². The van der Waals surface area contributed by atoms with Gasteiger partial charge in [-0.2, -0.15) is 0 Å². The van der Waals surface area contributed by atoms with Crippen LogP contribution in [0.2, 0.25) is 5.02 Å². The Morgan fingerprint density at radius 1 is 1.07 bits per heavy atom. The number of hydrogen-bond donors (Lipinski definition) is 3. The maximum atomic E-state index is 13.4. The van der Waals surface area contributed by atoms with Crippen molar-refractivity contribution in [3.05, 3.63) is 64.2 Å². The predicted molar refractivity (Wildman–Crippen MR) is 159 cm³/mol. The van der Waals surface area contributed by atoms with Gasteiger partial charge in [-0.25, -0.2) is 4.98 Å². The first-order chi connectivity index (χ1) is 19.3. The van der Waals surface area contributed by atoms with Crippen LogP contribution in [0.1, 0.15) is 59.7 Å². The minimum absolute atomic E-state index is 0.169. The summed E-state index contributed by atoms with van der Waals surface area (Å²) >= 11 is 6.83. The highest BCUT2D eigenvalue weighted by Gasteiger charge is 2.28. The van der Waals surface area contributed by atoms with Gasteiger partial charge in [-0.15, -0.1) is 0 Å². The third-order valence-electron chi connectivity index (χ3n) is 8.73. The van der Waals surface area contributed by atoms with Crippen LogP contribution in [0.5, 0.6) is 0 Å². The van der Waals surface area contributed by atoms with E-state index in [-0.39, 0.29) is 11.8 Å². The largest absolute Gasteiger partial charge is 0.481 e. The number of aromatic nitrogens is 2. The van der Waals surface area contributed by atoms with Crippen LogP contribution >= 0.6 is 11.6 Å². The van der Waals surface area contributed by atoms with Crippen LogP contribution < -0.4 is 10.6 Å². The van der Waals surface area contributed by atoms with Crippen molar-refractivity contribution in [1.29, 1.82) is 0 Å². The van der Waals surface area contributed by atoms with Crippen LogP contribution in [-0.2, 0) is 24.8 Å². The molecule has 0 saturated heterocycles. The zero-order valence-electron chi connectivity index (χ0n) is 23.5. The van der Waals surface area contributed by atoms with Gasteiger partial charge in [0.2, 0.25) is 0 Å². The molecule has 1 aliphatic carbocycles. The van der Waals surface area contributed by atoms with E-state index in [0.717, 1.165) is 91.9 Å². The molecule has 9 heteroatoms. The predicted octanol–water partition coefficient (Wildman–Crippen LogP) is 5.98. The SMILES string of the molecule is CNc1cccc(-c2cccc(NC(=O)c3nc4c(n3C)CCN(CCC3CCC(C(=O)O)CC3)C4)c2Cl)c1C. The number of benzene rings is 2. The normalized spacial score (nSPS) is 19.2. The van der Waals surface area contributed by atoms with E-state index in [1.165, 1.54) is 0 Å². The van der Waals surface area contributed by atoms with Crippen LogP contribution in [0, 0.1) is 18.8 Å². The molecule has 2 heterocycles. The molecule has 212 valence electrons. The van der Waals surface area contributed by atoms with Gasteiger partial charge in [0.1, 0.15) is 0 Å². The fourth-order valence-corrected chi connectivity index (χ4v) is 6.53. The smallest absolute Gasteiger partial charge is 0.306 e. The molecular weight excluding hydrogens is 526 g/mol. The van der Waals surface area contributed by atoms with E-state index in [1.54, 1.807) is 0 Å². The monoisotopic (exact) mass is 563 g/mol. The number of carboxylic acid groups (broad SMARTS) is 1. The number of hydrogen-bond acceptors (Lipinski definition) is 5. The number of halogens is 1. The van der Waals surface area contributed by atoms with Gasteiger partial charge < -0.3 is 20.3 Å². The molecule has 5 rings (SSSR count). The molecule has 2 aromatic carbocycles. The fraction of sp³-hybridized carbons (Fsp3) is 0.452. The van der Waals surface area contributed by atoms with Gasteiger partial charge in [0, 0.05) is 50.6 Å². The summed E-state index contributed by atoms with van der Waals surface area (Å²) < 4.78 is 1.91. The summed E-state index contributed by atoms with van der Waals surface area (Å²) in [7, 11) is 3.80. The Bertz CT molecular complexity index is 1410. The average molecular weight is 564 g/mol. The van der Waals surface area contributed by atoms with Crippen molar-refractivity contribution in [2.75, 3.05) is 30.8 Å². The average Bonchev–Trinajstić information content (AvgIpc) is 3.29. The zero-order valence-corrected chi connectivity index (χ0v) is 24.2. The zero-order chi connectivity index (χ0) is 28.4. The standard InChI is InChI=1S/C31H38ClN5O3/c1-19-22(6-4-8-24(19)33-2)23-7-5-9-25(28(23)32)35-30(38)29-34-26-18-37(17-15-27(26)36(29)3)16-14-20-10-12-21(13-11-20)31(39)40/h4-9,20-21,33H,10-18H2,1-3H3,(H,35,38)(H,39,40). The number of carboxylic acids is 1. The van der Waals surface area contributed by atoms with E-state index in [0.29, 0.717) is 22.5 Å². The van der Waals surface area contributed by atoms with Crippen LogP contribution in [0.4, 0.5) is 11.4 Å². The van der Waals surface area contributed by atoms with E-state index in [9.17, 15) is 14.7 Å². The van der Waals surface area contributed by atoms with Crippen molar-refractivity contribution in [3.8, 4) is 11.1 Å². The van der Waals surface area contributed by atoms with Gasteiger partial charge in [0.05, 0.1) is 22.3 Å². The van der Waals surface area contributed by atoms with E-state index >= 15 is 0 Å². The van der Waals surface area contributed by atoms with Gasteiger partial charge in [0.15, 0.2) is 5.82 Å². The molecule has 3 N–H and O–H groups in total. The number of aliphatic carboxylic acids is 1. The molecule has 0 unspecified atom stereocenters. The lowest BCUT2D eigenvalue weighted by molar-refractivity contribution is -0.143. The molecule has 1 aliphatic heterocycles. The number of amides is 1. The third kappa shape index (κ3) is 5.74. The summed E-state index contributed by atoms with van der Waals surface area (Å²) in [5.41, 5.74) is 6.59. The molecule has 1 saturated carbocycles. The highest BCUT2D eigenvalue weighted by atomic mass is 35.5. The molecule has 1 amide bonds. The van der Waals surface area contributed by atoms with Crippen molar-refractivity contribution in [1.82, 2.24) is 14.5 Å². The highest BCUT2D eigenvalue weighted by Crippen LogP contribution is 2.37. The van der Waals surface area contributed by atoms with E-state index < -0.39 is 5.97 Å². The molecule has 0 bridgehead atoms. The van der Waals surface area contributed by atoms with Gasteiger partial charge in [-0.05, 0) is 74.8 Å². The van der Waals surface area contributed by atoms with Crippen molar-refractivity contribution in [3.63, 3.8) is 0 Å². The first-order valence-corrected chi connectivity index (χ1v) is 14.5. The molecule has 8 nitrogen and oxygen atoms in total. The van der Waals surface area contributed by atoms with E-state index in [1.807, 2.05) is 62.0 Å². The Morgan fingerprint density at radius 3 is 2.48 bits per heavy atom. The molecule has 0 radical (unpaired) electrons. The summed E-state index contributed by atoms with van der Waals surface area (Å²) in [4.78, 5) is 31.8. The summed E-state index contributed by atoms with van der Waals surface area (Å²) in [6.45, 7) is 4.67. The molecule has 3 aromatic rings. The van der Waals surface area contributed by atoms with Crippen LogP contribution in [0.15, 0.2) is 36.4 Å². The molecule has 0 atom stereocenters. The van der Waals surface area contributed by atoms with Gasteiger partial charge >= 0.3 is 5.97 Å². The number of anilines is 2. The van der Waals surface area contributed by atoms with Gasteiger partial charge in [-0.1, -0.05) is 35.9 Å². The minimum Gasteiger partial charge on any atom is -0.481 e. The quantitative estimate of drug-likeness (QED) is 0.312. The minimum atomic E-state index is -0.651. The Morgan fingerprint density at radius 2 is 1.77 bits per heavy atom. The number of nitrogens with one attached hydrogen (secondary N) is 2. The topological polar surface area (TPSA) is 99.5 Å². The summed E-state index contributed by atoms with van der Waals surface area (Å²) in [5.74, 6) is -0.126. The number of nitrogens with zero attached hydrogens (tertiary/aromatic N) is 3. The van der Waals surface area contributed by atoms with Crippen LogP contribution in [0.3, 0.4) is 0 Å². The molecule has 1 aromatic heterocycles. The first kappa shape index (κ1) is 28.2. The number of rotatable bonds is 8. The second-order valence-corrected chi connectivity index (χ2v) is 11.5. The lowest BCUT2D eigenvalue weighted by atomic mass is 9.80. The first-order valence-electron chi connectivity index (χ1n) is 14.1. The second-order valence-electron chi connectivity index (χ2n) is 11.1. The maximum absolute atomic E-state index is 13.4. The number of fused-ring (bicyclic) bond motifs is 1. The number of imidazole rings is 1. The molecule has 40 heavy (non-hydrogen) atoms. The van der Waals surface area contributed by atoms with Crippen LogP contribution in [0.25, 0.3) is 11.1 Å². The lowest BCUT2D eigenvalue weighted by Gasteiger charge is -2.30. The molecule has 2 aliphatic rings. The van der Waals surface area contributed by atoms with Crippen molar-refractivity contribution in [2.24, 2.45) is 18.9 Å². The van der Waals surface area contributed by atoms with E-state index in [4.69, 9.17) is 16.6 Å². The summed E-state index contributed by atoms with van der Waals surface area (Å²) in [5, 5.41) is 15.9. The van der Waals surface area contributed by atoms with Gasteiger partial charge in [0.25, 0.3) is 5.91 Å². The van der Waals surface area contributed by atoms with E-state index in [2.05, 4.69) is 15.5 Å². The fourth-order valence-electron chi connectivity index (χ4n) is 6.25.